The van der Waals surface area contributed by atoms with Gasteiger partial charge in [0.25, 0.3) is 11.8 Å². The molecule has 0 fully saturated rings. The summed E-state index contributed by atoms with van der Waals surface area (Å²) in [4.78, 5) is 25.4. The highest BCUT2D eigenvalue weighted by Gasteiger charge is 2.18. The second-order valence-corrected chi connectivity index (χ2v) is 9.85. The van der Waals surface area contributed by atoms with E-state index in [1.165, 1.54) is 10.9 Å². The number of nitrogens with one attached hydrogen (secondary N) is 2. The monoisotopic (exact) mass is 513 g/mol. The largest absolute Gasteiger partial charge is 0.495 e. The fourth-order valence-electron chi connectivity index (χ4n) is 3.78. The van der Waals surface area contributed by atoms with Crippen molar-refractivity contribution in [3.8, 4) is 17.3 Å². The highest BCUT2D eigenvalue weighted by Crippen LogP contribution is 2.32. The van der Waals surface area contributed by atoms with Gasteiger partial charge >= 0.3 is 6.09 Å². The zero-order valence-corrected chi connectivity index (χ0v) is 22.1. The van der Waals surface area contributed by atoms with Gasteiger partial charge in [-0.2, -0.15) is 0 Å². The fraction of sp³-hybridized carbons (Fsp3) is 0.241. The number of carbonyl (C=O) groups excluding carboxylic acids is 2. The first-order valence-corrected chi connectivity index (χ1v) is 12.2. The molecule has 0 saturated carbocycles. The van der Waals surface area contributed by atoms with E-state index in [0.717, 1.165) is 16.7 Å². The van der Waals surface area contributed by atoms with E-state index >= 15 is 0 Å². The van der Waals surface area contributed by atoms with E-state index < -0.39 is 6.09 Å². The predicted octanol–water partition coefficient (Wildman–Crippen LogP) is 5.42. The third kappa shape index (κ3) is 6.36. The van der Waals surface area contributed by atoms with Gasteiger partial charge in [-0.05, 0) is 53.3 Å². The standard InChI is InChI=1S/C29H31N5O4/c1-19-11-12-21(27(35)31-23-16-22(29(2,3)4)13-14-25(23)37-5)15-24(19)34-18-26(32-33-34)38-28(36)30-17-20-9-7-6-8-10-20/h6-16,18H,17H2,1-5H3,(H,30,36)(H,31,35). The van der Waals surface area contributed by atoms with Crippen LogP contribution in [0.3, 0.4) is 0 Å². The second-order valence-electron chi connectivity index (χ2n) is 9.85. The molecule has 38 heavy (non-hydrogen) atoms. The number of carbonyl (C=O) groups is 2. The van der Waals surface area contributed by atoms with Crippen molar-refractivity contribution in [1.82, 2.24) is 20.3 Å². The lowest BCUT2D eigenvalue weighted by Gasteiger charge is -2.21. The van der Waals surface area contributed by atoms with E-state index in [9.17, 15) is 9.59 Å². The summed E-state index contributed by atoms with van der Waals surface area (Å²) in [6, 6.07) is 20.5. The van der Waals surface area contributed by atoms with Crippen molar-refractivity contribution in [3.05, 3.63) is 95.2 Å². The van der Waals surface area contributed by atoms with Gasteiger partial charge in [0.05, 0.1) is 24.7 Å². The third-order valence-electron chi connectivity index (χ3n) is 5.98. The molecule has 0 bridgehead atoms. The molecule has 0 aliphatic rings. The summed E-state index contributed by atoms with van der Waals surface area (Å²) in [6.45, 7) is 8.54. The van der Waals surface area contributed by atoms with Crippen LogP contribution in [0.25, 0.3) is 5.69 Å². The quantitative estimate of drug-likeness (QED) is 0.342. The zero-order valence-electron chi connectivity index (χ0n) is 22.1. The van der Waals surface area contributed by atoms with Crippen molar-refractivity contribution in [1.29, 1.82) is 0 Å². The summed E-state index contributed by atoms with van der Waals surface area (Å²) in [5, 5.41) is 13.7. The Kier molecular flexibility index (Phi) is 7.76. The average Bonchev–Trinajstić information content (AvgIpc) is 3.35. The first kappa shape index (κ1) is 26.4. The van der Waals surface area contributed by atoms with Crippen LogP contribution in [-0.4, -0.2) is 34.1 Å². The predicted molar refractivity (Wildman–Crippen MR) is 145 cm³/mol. The molecular formula is C29H31N5O4. The molecule has 3 aromatic carbocycles. The van der Waals surface area contributed by atoms with Crippen LogP contribution in [0.4, 0.5) is 10.5 Å². The number of amides is 2. The first-order chi connectivity index (χ1) is 18.1. The van der Waals surface area contributed by atoms with Crippen LogP contribution in [0.2, 0.25) is 0 Å². The summed E-state index contributed by atoms with van der Waals surface area (Å²) in [5.74, 6) is 0.309. The van der Waals surface area contributed by atoms with E-state index in [-0.39, 0.29) is 17.2 Å². The lowest BCUT2D eigenvalue weighted by atomic mass is 9.87. The molecule has 0 unspecified atom stereocenters. The van der Waals surface area contributed by atoms with Gasteiger partial charge < -0.3 is 20.1 Å². The van der Waals surface area contributed by atoms with Crippen LogP contribution in [-0.2, 0) is 12.0 Å². The first-order valence-electron chi connectivity index (χ1n) is 12.2. The molecule has 0 saturated heterocycles. The van der Waals surface area contributed by atoms with Crippen molar-refractivity contribution in [3.63, 3.8) is 0 Å². The number of benzene rings is 3. The van der Waals surface area contributed by atoms with Crippen molar-refractivity contribution in [2.75, 3.05) is 12.4 Å². The van der Waals surface area contributed by atoms with E-state index in [0.29, 0.717) is 29.2 Å². The van der Waals surface area contributed by atoms with Gasteiger partial charge in [-0.25, -0.2) is 9.48 Å². The Morgan fingerprint density at radius 1 is 1.00 bits per heavy atom. The van der Waals surface area contributed by atoms with Crippen LogP contribution >= 0.6 is 0 Å². The maximum atomic E-state index is 13.2. The van der Waals surface area contributed by atoms with Crippen LogP contribution < -0.4 is 20.1 Å². The number of methoxy groups -OCH3 is 1. The molecule has 0 atom stereocenters. The van der Waals surface area contributed by atoms with Gasteiger partial charge in [-0.1, -0.05) is 73.5 Å². The molecule has 4 rings (SSSR count). The van der Waals surface area contributed by atoms with Gasteiger partial charge in [-0.15, -0.1) is 0 Å². The topological polar surface area (TPSA) is 107 Å². The molecule has 0 spiro atoms. The van der Waals surface area contributed by atoms with Gasteiger partial charge in [0, 0.05) is 12.1 Å². The molecule has 0 aliphatic heterocycles. The van der Waals surface area contributed by atoms with E-state index in [2.05, 4.69) is 41.7 Å². The molecule has 2 amide bonds. The maximum absolute atomic E-state index is 13.2. The highest BCUT2D eigenvalue weighted by molar-refractivity contribution is 6.05. The molecule has 4 aromatic rings. The van der Waals surface area contributed by atoms with Gasteiger partial charge in [-0.3, -0.25) is 4.79 Å². The minimum atomic E-state index is -0.641. The van der Waals surface area contributed by atoms with Crippen LogP contribution in [0.15, 0.2) is 72.9 Å². The number of ether oxygens (including phenoxy) is 2. The summed E-state index contributed by atoms with van der Waals surface area (Å²) >= 11 is 0. The third-order valence-corrected chi connectivity index (χ3v) is 5.98. The molecule has 196 valence electrons. The van der Waals surface area contributed by atoms with Crippen LogP contribution in [0, 0.1) is 6.92 Å². The Bertz CT molecular complexity index is 1440. The minimum Gasteiger partial charge on any atom is -0.495 e. The summed E-state index contributed by atoms with van der Waals surface area (Å²) in [5.41, 5.74) is 4.42. The highest BCUT2D eigenvalue weighted by atomic mass is 16.6. The molecule has 1 aromatic heterocycles. The van der Waals surface area contributed by atoms with Crippen molar-refractivity contribution < 1.29 is 19.1 Å². The molecule has 0 aliphatic carbocycles. The normalized spacial score (nSPS) is 11.1. The molecule has 9 nitrogen and oxygen atoms in total. The molecule has 2 N–H and O–H groups in total. The summed E-state index contributed by atoms with van der Waals surface area (Å²) in [7, 11) is 1.57. The molecule has 1 heterocycles. The number of hydrogen-bond acceptors (Lipinski definition) is 6. The van der Waals surface area contributed by atoms with E-state index in [1.54, 1.807) is 19.2 Å². The molecular weight excluding hydrogens is 482 g/mol. The van der Waals surface area contributed by atoms with Crippen molar-refractivity contribution in [2.45, 2.75) is 39.7 Å². The van der Waals surface area contributed by atoms with Gasteiger partial charge in [0.1, 0.15) is 5.75 Å². The smallest absolute Gasteiger partial charge is 0.414 e. The zero-order chi connectivity index (χ0) is 27.3. The Labute approximate surface area is 221 Å². The lowest BCUT2D eigenvalue weighted by Crippen LogP contribution is -2.26. The summed E-state index contributed by atoms with van der Waals surface area (Å²) in [6.07, 6.45) is 0.847. The van der Waals surface area contributed by atoms with Gasteiger partial charge in [0.15, 0.2) is 0 Å². The Morgan fingerprint density at radius 3 is 2.47 bits per heavy atom. The number of aromatic nitrogens is 3. The summed E-state index contributed by atoms with van der Waals surface area (Å²) < 4.78 is 12.2. The molecule has 0 radical (unpaired) electrons. The number of anilines is 1. The number of rotatable bonds is 7. The number of hydrogen-bond donors (Lipinski definition) is 2. The Balaban J connectivity index is 1.48. The maximum Gasteiger partial charge on any atom is 0.414 e. The average molecular weight is 514 g/mol. The van der Waals surface area contributed by atoms with E-state index in [1.807, 2.05) is 61.5 Å². The second kappa shape index (κ2) is 11.2. The van der Waals surface area contributed by atoms with Crippen molar-refractivity contribution >= 4 is 17.7 Å². The van der Waals surface area contributed by atoms with Gasteiger partial charge in [0.2, 0.25) is 0 Å². The van der Waals surface area contributed by atoms with Crippen LogP contribution in [0.5, 0.6) is 11.6 Å². The van der Waals surface area contributed by atoms with E-state index in [4.69, 9.17) is 9.47 Å². The van der Waals surface area contributed by atoms with Crippen molar-refractivity contribution in [2.24, 2.45) is 0 Å². The number of aryl methyl sites for hydroxylation is 1. The fourth-order valence-corrected chi connectivity index (χ4v) is 3.78. The Morgan fingerprint density at radius 2 is 1.76 bits per heavy atom. The number of nitrogens with zero attached hydrogens (tertiary/aromatic N) is 3. The Hall–Kier alpha value is -4.66. The SMILES string of the molecule is COc1ccc(C(C)(C)C)cc1NC(=O)c1ccc(C)c(-n2cc(OC(=O)NCc3ccccc3)nn2)c1. The lowest BCUT2D eigenvalue weighted by molar-refractivity contribution is 0.102. The molecule has 9 heteroatoms. The minimum absolute atomic E-state index is 0.0357. The van der Waals surface area contributed by atoms with Crippen LogP contribution in [0.1, 0.15) is 47.8 Å².